The van der Waals surface area contributed by atoms with Gasteiger partial charge in [0.25, 0.3) is 5.91 Å². The minimum Gasteiger partial charge on any atom is -0.481 e. The predicted octanol–water partition coefficient (Wildman–Crippen LogP) is 4.18. The van der Waals surface area contributed by atoms with Crippen LogP contribution in [0.1, 0.15) is 25.0 Å². The van der Waals surface area contributed by atoms with Crippen molar-refractivity contribution < 1.29 is 14.1 Å². The van der Waals surface area contributed by atoms with Crippen LogP contribution >= 0.6 is 0 Å². The van der Waals surface area contributed by atoms with Gasteiger partial charge in [-0.05, 0) is 37.1 Å². The van der Waals surface area contributed by atoms with E-state index in [1.807, 2.05) is 30.3 Å². The Bertz CT molecular complexity index is 971. The second kappa shape index (κ2) is 8.19. The van der Waals surface area contributed by atoms with Crippen LogP contribution < -0.4 is 10.1 Å². The summed E-state index contributed by atoms with van der Waals surface area (Å²) in [6, 6.07) is 18.3. The maximum absolute atomic E-state index is 12.3. The van der Waals surface area contributed by atoms with Crippen molar-refractivity contribution in [2.24, 2.45) is 0 Å². The number of benzene rings is 2. The summed E-state index contributed by atoms with van der Waals surface area (Å²) in [7, 11) is 0. The van der Waals surface area contributed by atoms with Crippen LogP contribution in [0.5, 0.6) is 5.75 Å². The molecule has 0 saturated carbocycles. The standard InChI is InChI=1S/C21H19N3O3/c1-3-15-7-9-17(10-8-15)19-12-20(27-24-19)23-21(25)14(2)26-18-6-4-5-16(11-18)13-22/h4-12,14H,3H2,1-2H3,(H,23,25). The molecule has 0 aliphatic rings. The molecule has 1 heterocycles. The second-order valence-electron chi connectivity index (χ2n) is 6.02. The molecule has 1 amide bonds. The van der Waals surface area contributed by atoms with E-state index in [1.165, 1.54) is 5.56 Å². The van der Waals surface area contributed by atoms with Crippen LogP contribution in [0, 0.1) is 11.3 Å². The number of nitrogens with one attached hydrogen (secondary N) is 1. The molecule has 136 valence electrons. The Hall–Kier alpha value is -3.59. The third-order valence-electron chi connectivity index (χ3n) is 4.06. The molecule has 0 saturated heterocycles. The number of carbonyl (C=O) groups is 1. The van der Waals surface area contributed by atoms with Gasteiger partial charge in [-0.2, -0.15) is 5.26 Å². The van der Waals surface area contributed by atoms with Crippen molar-refractivity contribution in [3.8, 4) is 23.1 Å². The Morgan fingerprint density at radius 1 is 1.26 bits per heavy atom. The van der Waals surface area contributed by atoms with Crippen LogP contribution in [0.2, 0.25) is 0 Å². The Morgan fingerprint density at radius 2 is 2.04 bits per heavy atom. The number of aryl methyl sites for hydroxylation is 1. The van der Waals surface area contributed by atoms with Gasteiger partial charge in [-0.25, -0.2) is 0 Å². The highest BCUT2D eigenvalue weighted by Gasteiger charge is 2.17. The average Bonchev–Trinajstić information content (AvgIpc) is 3.16. The molecule has 3 aromatic rings. The summed E-state index contributed by atoms with van der Waals surface area (Å²) in [5, 5.41) is 15.6. The maximum atomic E-state index is 12.3. The molecule has 2 aromatic carbocycles. The topological polar surface area (TPSA) is 88.1 Å². The van der Waals surface area contributed by atoms with Crippen molar-refractivity contribution in [1.29, 1.82) is 5.26 Å². The molecule has 0 aliphatic heterocycles. The highest BCUT2D eigenvalue weighted by Crippen LogP contribution is 2.23. The summed E-state index contributed by atoms with van der Waals surface area (Å²) in [5.74, 6) is 0.322. The lowest BCUT2D eigenvalue weighted by molar-refractivity contribution is -0.122. The molecule has 0 aliphatic carbocycles. The monoisotopic (exact) mass is 361 g/mol. The molecular weight excluding hydrogens is 342 g/mol. The third-order valence-corrected chi connectivity index (χ3v) is 4.06. The summed E-state index contributed by atoms with van der Waals surface area (Å²) in [6.45, 7) is 3.72. The molecule has 6 heteroatoms. The minimum absolute atomic E-state index is 0.246. The van der Waals surface area contributed by atoms with E-state index in [9.17, 15) is 4.79 Å². The van der Waals surface area contributed by atoms with Gasteiger partial charge in [0.1, 0.15) is 11.4 Å². The minimum atomic E-state index is -0.767. The number of amides is 1. The number of rotatable bonds is 6. The number of hydrogen-bond donors (Lipinski definition) is 1. The number of anilines is 1. The highest BCUT2D eigenvalue weighted by molar-refractivity contribution is 5.93. The second-order valence-corrected chi connectivity index (χ2v) is 6.02. The number of nitrogens with zero attached hydrogens (tertiary/aromatic N) is 2. The van der Waals surface area contributed by atoms with Gasteiger partial charge in [0, 0.05) is 11.6 Å². The summed E-state index contributed by atoms with van der Waals surface area (Å²) >= 11 is 0. The van der Waals surface area contributed by atoms with Gasteiger partial charge in [0.2, 0.25) is 5.88 Å². The molecule has 0 fully saturated rings. The van der Waals surface area contributed by atoms with Gasteiger partial charge in [0.05, 0.1) is 11.6 Å². The molecule has 1 aromatic heterocycles. The van der Waals surface area contributed by atoms with Crippen molar-refractivity contribution in [1.82, 2.24) is 5.16 Å². The normalized spacial score (nSPS) is 11.4. The van der Waals surface area contributed by atoms with Crippen molar-refractivity contribution in [2.75, 3.05) is 5.32 Å². The van der Waals surface area contributed by atoms with E-state index in [1.54, 1.807) is 37.3 Å². The predicted molar refractivity (Wildman–Crippen MR) is 101 cm³/mol. The quantitative estimate of drug-likeness (QED) is 0.711. The van der Waals surface area contributed by atoms with Gasteiger partial charge in [0.15, 0.2) is 6.10 Å². The molecule has 0 bridgehead atoms. The fraction of sp³-hybridized carbons (Fsp3) is 0.190. The van der Waals surface area contributed by atoms with Crippen LogP contribution in [-0.4, -0.2) is 17.2 Å². The first-order valence-electron chi connectivity index (χ1n) is 8.62. The number of carbonyl (C=O) groups excluding carboxylic acids is 1. The van der Waals surface area contributed by atoms with E-state index in [0.29, 0.717) is 17.0 Å². The van der Waals surface area contributed by atoms with Crippen molar-refractivity contribution >= 4 is 11.8 Å². The number of ether oxygens (including phenoxy) is 1. The molecule has 3 rings (SSSR count). The number of aromatic nitrogens is 1. The van der Waals surface area contributed by atoms with Crippen molar-refractivity contribution in [2.45, 2.75) is 26.4 Å². The molecule has 1 unspecified atom stereocenters. The van der Waals surface area contributed by atoms with Crippen LogP contribution in [0.4, 0.5) is 5.88 Å². The molecule has 27 heavy (non-hydrogen) atoms. The van der Waals surface area contributed by atoms with E-state index in [0.717, 1.165) is 12.0 Å². The maximum Gasteiger partial charge on any atom is 0.267 e. The van der Waals surface area contributed by atoms with E-state index in [4.69, 9.17) is 14.5 Å². The zero-order valence-corrected chi connectivity index (χ0v) is 15.1. The Morgan fingerprint density at radius 3 is 2.74 bits per heavy atom. The molecule has 6 nitrogen and oxygen atoms in total. The zero-order chi connectivity index (χ0) is 19.2. The first-order valence-corrected chi connectivity index (χ1v) is 8.62. The first kappa shape index (κ1) is 18.2. The number of nitriles is 1. The molecule has 1 atom stereocenters. The Kier molecular flexibility index (Phi) is 5.53. The van der Waals surface area contributed by atoms with Crippen LogP contribution in [-0.2, 0) is 11.2 Å². The smallest absolute Gasteiger partial charge is 0.267 e. The van der Waals surface area contributed by atoms with Crippen LogP contribution in [0.3, 0.4) is 0 Å². The van der Waals surface area contributed by atoms with E-state index in [2.05, 4.69) is 17.4 Å². The lowest BCUT2D eigenvalue weighted by atomic mass is 10.1. The van der Waals surface area contributed by atoms with Gasteiger partial charge in [-0.15, -0.1) is 0 Å². The molecular formula is C21H19N3O3. The van der Waals surface area contributed by atoms with Gasteiger partial charge < -0.3 is 9.26 Å². The van der Waals surface area contributed by atoms with Crippen molar-refractivity contribution in [3.63, 3.8) is 0 Å². The Balaban J connectivity index is 1.63. The van der Waals surface area contributed by atoms with E-state index >= 15 is 0 Å². The highest BCUT2D eigenvalue weighted by atomic mass is 16.5. The number of hydrogen-bond acceptors (Lipinski definition) is 5. The fourth-order valence-electron chi connectivity index (χ4n) is 2.50. The average molecular weight is 361 g/mol. The SMILES string of the molecule is CCc1ccc(-c2cc(NC(=O)C(C)Oc3cccc(C#N)c3)on2)cc1. The first-order chi connectivity index (χ1) is 13.1. The van der Waals surface area contributed by atoms with E-state index in [-0.39, 0.29) is 11.8 Å². The largest absolute Gasteiger partial charge is 0.481 e. The molecule has 1 N–H and O–H groups in total. The van der Waals surface area contributed by atoms with E-state index < -0.39 is 6.10 Å². The third kappa shape index (κ3) is 4.53. The lowest BCUT2D eigenvalue weighted by Crippen LogP contribution is -2.30. The zero-order valence-electron chi connectivity index (χ0n) is 15.1. The van der Waals surface area contributed by atoms with Crippen molar-refractivity contribution in [3.05, 3.63) is 65.7 Å². The van der Waals surface area contributed by atoms with Gasteiger partial charge in [-0.1, -0.05) is 42.4 Å². The summed E-state index contributed by atoms with van der Waals surface area (Å²) < 4.78 is 10.8. The van der Waals surface area contributed by atoms with Gasteiger partial charge >= 0.3 is 0 Å². The van der Waals surface area contributed by atoms with Crippen LogP contribution in [0.25, 0.3) is 11.3 Å². The summed E-state index contributed by atoms with van der Waals surface area (Å²) in [6.07, 6.45) is 0.201. The molecule has 0 radical (unpaired) electrons. The fourth-order valence-corrected chi connectivity index (χ4v) is 2.50. The Labute approximate surface area is 157 Å². The van der Waals surface area contributed by atoms with Crippen LogP contribution in [0.15, 0.2) is 59.1 Å². The van der Waals surface area contributed by atoms with Gasteiger partial charge in [-0.3, -0.25) is 10.1 Å². The summed E-state index contributed by atoms with van der Waals surface area (Å²) in [4.78, 5) is 12.3. The summed E-state index contributed by atoms with van der Waals surface area (Å²) in [5.41, 5.74) is 3.26. The lowest BCUT2D eigenvalue weighted by Gasteiger charge is -2.13. The molecule has 0 spiro atoms.